The van der Waals surface area contributed by atoms with Crippen LogP contribution in [0.3, 0.4) is 0 Å². The molecule has 196 valence electrons. The number of urea groups is 1. The van der Waals surface area contributed by atoms with Crippen LogP contribution in [0.25, 0.3) is 0 Å². The lowest BCUT2D eigenvalue weighted by atomic mass is 9.83. The maximum absolute atomic E-state index is 13.3. The summed E-state index contributed by atoms with van der Waals surface area (Å²) in [5, 5.41) is 9.57. The molecule has 12 nitrogen and oxygen atoms in total. The molecule has 3 aliphatic heterocycles. The molecule has 0 radical (unpaired) electrons. The zero-order valence-corrected chi connectivity index (χ0v) is 21.4. The van der Waals surface area contributed by atoms with Gasteiger partial charge in [-0.25, -0.2) is 4.79 Å². The van der Waals surface area contributed by atoms with Crippen molar-refractivity contribution in [1.82, 2.24) is 14.4 Å². The third-order valence-electron chi connectivity index (χ3n) is 6.57. The van der Waals surface area contributed by atoms with Gasteiger partial charge in [-0.2, -0.15) is 4.90 Å². The Morgan fingerprint density at radius 1 is 1.19 bits per heavy atom. The van der Waals surface area contributed by atoms with Gasteiger partial charge in [0.25, 0.3) is 5.91 Å². The molecule has 2 fully saturated rings. The third-order valence-corrected chi connectivity index (χ3v) is 9.17. The lowest BCUT2D eigenvalue weighted by Crippen LogP contribution is -2.43. The minimum atomic E-state index is -1.17. The Morgan fingerprint density at radius 3 is 2.59 bits per heavy atom. The quantitative estimate of drug-likeness (QED) is 0.508. The number of fused-ring (bicyclic) bond motifs is 2. The predicted octanol–water partition coefficient (Wildman–Crippen LogP) is 0.543. The molecule has 4 heterocycles. The standard InChI is InChI=1S/C23H24N4O8S2/c1-2-35-13-9-11(3-4-12(13)28)15-16-17(20(31)27(19(16)30)22(24)32)36-21-18(15)37-23(33)26(21)10-14(29)25-5-7-34-8-6-25/h3-4,9,15-17,28H,2,5-8,10H2,1H3,(H2,24,32). The first-order valence-electron chi connectivity index (χ1n) is 11.6. The molecular formula is C23H24N4O8S2. The van der Waals surface area contributed by atoms with Crippen LogP contribution in [-0.2, 0) is 25.7 Å². The van der Waals surface area contributed by atoms with E-state index in [2.05, 4.69) is 0 Å². The Labute approximate surface area is 218 Å². The van der Waals surface area contributed by atoms with Crippen LogP contribution in [0.4, 0.5) is 4.79 Å². The Bertz CT molecular complexity index is 1350. The lowest BCUT2D eigenvalue weighted by molar-refractivity contribution is -0.137. The second-order valence-electron chi connectivity index (χ2n) is 8.67. The van der Waals surface area contributed by atoms with E-state index in [0.29, 0.717) is 46.7 Å². The van der Waals surface area contributed by atoms with Crippen LogP contribution >= 0.6 is 23.1 Å². The van der Waals surface area contributed by atoms with Crippen molar-refractivity contribution in [2.75, 3.05) is 32.9 Å². The van der Waals surface area contributed by atoms with Crippen molar-refractivity contribution >= 4 is 46.9 Å². The van der Waals surface area contributed by atoms with Crippen molar-refractivity contribution in [1.29, 1.82) is 0 Å². The van der Waals surface area contributed by atoms with E-state index in [-0.39, 0.29) is 30.6 Å². The average Bonchev–Trinajstić information content (AvgIpc) is 3.32. The fourth-order valence-electron chi connectivity index (χ4n) is 4.87. The Kier molecular flexibility index (Phi) is 6.72. The molecule has 14 heteroatoms. The first-order chi connectivity index (χ1) is 17.7. The summed E-state index contributed by atoms with van der Waals surface area (Å²) in [6.07, 6.45) is 0. The van der Waals surface area contributed by atoms with E-state index < -0.39 is 39.8 Å². The molecular weight excluding hydrogens is 524 g/mol. The first-order valence-corrected chi connectivity index (χ1v) is 13.3. The fourth-order valence-corrected chi connectivity index (χ4v) is 7.65. The number of thiazole rings is 1. The number of amides is 5. The summed E-state index contributed by atoms with van der Waals surface area (Å²) in [5.41, 5.74) is 5.87. The van der Waals surface area contributed by atoms with E-state index >= 15 is 0 Å². The van der Waals surface area contributed by atoms with E-state index in [0.717, 1.165) is 23.1 Å². The van der Waals surface area contributed by atoms with Gasteiger partial charge in [-0.05, 0) is 24.6 Å². The van der Waals surface area contributed by atoms with E-state index in [1.807, 2.05) is 0 Å². The number of phenols is 1. The van der Waals surface area contributed by atoms with Gasteiger partial charge in [0.15, 0.2) is 11.5 Å². The normalized spacial score (nSPS) is 23.1. The van der Waals surface area contributed by atoms with Crippen LogP contribution in [0, 0.1) is 5.92 Å². The molecule has 0 bridgehead atoms. The zero-order chi connectivity index (χ0) is 26.4. The molecule has 5 rings (SSSR count). The summed E-state index contributed by atoms with van der Waals surface area (Å²) in [5.74, 6) is -3.54. The number of nitrogens with zero attached hydrogens (tertiary/aromatic N) is 3. The van der Waals surface area contributed by atoms with Crippen molar-refractivity contribution in [2.45, 2.75) is 29.7 Å². The molecule has 5 amide bonds. The molecule has 1 aromatic heterocycles. The number of rotatable bonds is 5. The van der Waals surface area contributed by atoms with Crippen molar-refractivity contribution in [2.24, 2.45) is 11.7 Å². The average molecular weight is 549 g/mol. The van der Waals surface area contributed by atoms with Crippen LogP contribution in [0.5, 0.6) is 11.5 Å². The van der Waals surface area contributed by atoms with Gasteiger partial charge in [-0.15, -0.1) is 0 Å². The molecule has 3 unspecified atom stereocenters. The highest BCUT2D eigenvalue weighted by molar-refractivity contribution is 8.00. The van der Waals surface area contributed by atoms with Gasteiger partial charge in [-0.3, -0.25) is 23.7 Å². The first kappa shape index (κ1) is 25.3. The highest BCUT2D eigenvalue weighted by atomic mass is 32.2. The van der Waals surface area contributed by atoms with E-state index in [9.17, 15) is 29.1 Å². The number of nitrogens with two attached hydrogens (primary N) is 1. The summed E-state index contributed by atoms with van der Waals surface area (Å²) >= 11 is 1.87. The second kappa shape index (κ2) is 9.84. The number of morpholine rings is 1. The number of carbonyl (C=O) groups is 4. The van der Waals surface area contributed by atoms with Gasteiger partial charge in [0.05, 0.1) is 30.8 Å². The van der Waals surface area contributed by atoms with E-state index in [1.54, 1.807) is 24.0 Å². The number of hydrogen-bond donors (Lipinski definition) is 2. The van der Waals surface area contributed by atoms with Crippen LogP contribution < -0.4 is 15.3 Å². The smallest absolute Gasteiger partial charge is 0.328 e. The Morgan fingerprint density at radius 2 is 1.92 bits per heavy atom. The number of thioether (sulfide) groups is 1. The van der Waals surface area contributed by atoms with Crippen molar-refractivity contribution in [3.05, 3.63) is 38.3 Å². The molecule has 1 aromatic carbocycles. The highest BCUT2D eigenvalue weighted by Crippen LogP contribution is 2.53. The molecule has 37 heavy (non-hydrogen) atoms. The SMILES string of the molecule is CCOc1cc(C2c3sc(=O)n(CC(=O)N4CCOCC4)c3SC3C(=O)N(C(N)=O)C(=O)C32)ccc1O. The molecule has 3 atom stereocenters. The van der Waals surface area contributed by atoms with Crippen LogP contribution in [-0.4, -0.2) is 81.4 Å². The van der Waals surface area contributed by atoms with E-state index in [1.165, 1.54) is 10.6 Å². The molecule has 0 spiro atoms. The monoisotopic (exact) mass is 548 g/mol. The Hall–Kier alpha value is -3.36. The number of likely N-dealkylation sites (tertiary alicyclic amines) is 1. The summed E-state index contributed by atoms with van der Waals surface area (Å²) in [6, 6.07) is 3.37. The Balaban J connectivity index is 1.61. The number of aromatic hydroxyl groups is 1. The second-order valence-corrected chi connectivity index (χ2v) is 10.8. The number of primary amides is 1. The maximum Gasteiger partial charge on any atom is 0.328 e. The summed E-state index contributed by atoms with van der Waals surface area (Å²) in [6.45, 7) is 3.43. The predicted molar refractivity (Wildman–Crippen MR) is 132 cm³/mol. The van der Waals surface area contributed by atoms with Crippen molar-refractivity contribution < 1.29 is 33.8 Å². The minimum absolute atomic E-state index is 0.109. The van der Waals surface area contributed by atoms with Gasteiger partial charge >= 0.3 is 10.9 Å². The van der Waals surface area contributed by atoms with E-state index in [4.69, 9.17) is 15.2 Å². The summed E-state index contributed by atoms with van der Waals surface area (Å²) in [7, 11) is 0. The van der Waals surface area contributed by atoms with Crippen LogP contribution in [0.15, 0.2) is 28.0 Å². The number of phenolic OH excluding ortho intramolecular Hbond substituents is 1. The van der Waals surface area contributed by atoms with Gasteiger partial charge in [0, 0.05) is 23.9 Å². The number of hydrogen-bond acceptors (Lipinski definition) is 10. The van der Waals surface area contributed by atoms with Gasteiger partial charge in [0.2, 0.25) is 11.8 Å². The fraction of sp³-hybridized carbons (Fsp3) is 0.435. The lowest BCUT2D eigenvalue weighted by Gasteiger charge is -2.31. The number of benzene rings is 1. The molecule has 0 saturated carbocycles. The summed E-state index contributed by atoms with van der Waals surface area (Å²) < 4.78 is 12.1. The summed E-state index contributed by atoms with van der Waals surface area (Å²) in [4.78, 5) is 66.7. The minimum Gasteiger partial charge on any atom is -0.504 e. The molecule has 2 aromatic rings. The van der Waals surface area contributed by atoms with Crippen LogP contribution in [0.2, 0.25) is 0 Å². The van der Waals surface area contributed by atoms with Crippen molar-refractivity contribution in [3.8, 4) is 11.5 Å². The highest BCUT2D eigenvalue weighted by Gasteiger charge is 2.58. The van der Waals surface area contributed by atoms with Gasteiger partial charge < -0.3 is 25.2 Å². The van der Waals surface area contributed by atoms with Crippen molar-refractivity contribution in [3.63, 3.8) is 0 Å². The van der Waals surface area contributed by atoms with Crippen LogP contribution in [0.1, 0.15) is 23.3 Å². The molecule has 3 N–H and O–H groups in total. The number of ether oxygens (including phenoxy) is 2. The molecule has 3 aliphatic rings. The molecule has 2 saturated heterocycles. The topological polar surface area (TPSA) is 161 Å². The van der Waals surface area contributed by atoms with Gasteiger partial charge in [0.1, 0.15) is 11.8 Å². The maximum atomic E-state index is 13.3. The number of imide groups is 3. The third kappa shape index (κ3) is 4.28. The molecule has 0 aliphatic carbocycles. The number of aromatic nitrogens is 1. The zero-order valence-electron chi connectivity index (χ0n) is 19.7. The van der Waals surface area contributed by atoms with Gasteiger partial charge in [-0.1, -0.05) is 29.2 Å². The number of carbonyl (C=O) groups excluding carboxylic acids is 4. The largest absolute Gasteiger partial charge is 0.504 e.